The number of hydrogen-bond acceptors (Lipinski definition) is 8. The number of fused-ring (bicyclic) bond motifs is 5. The molecule has 3 aromatic carbocycles. The summed E-state index contributed by atoms with van der Waals surface area (Å²) >= 11 is 1.78. The van der Waals surface area contributed by atoms with Crippen molar-refractivity contribution in [3.8, 4) is 21.6 Å². The molecular formula is C41H42N2O7S3. The van der Waals surface area contributed by atoms with E-state index in [9.17, 15) is 21.6 Å². The first-order valence-electron chi connectivity index (χ1n) is 17.8. The highest BCUT2D eigenvalue weighted by Crippen LogP contribution is 2.42. The number of sulfonamides is 1. The minimum atomic E-state index is -3.62. The van der Waals surface area contributed by atoms with Crippen LogP contribution in [-0.4, -0.2) is 47.1 Å². The number of carbonyl (C=O) groups excluding carboxylic acids is 1. The van der Waals surface area contributed by atoms with Crippen LogP contribution in [0.4, 0.5) is 5.69 Å². The zero-order valence-electron chi connectivity index (χ0n) is 29.4. The summed E-state index contributed by atoms with van der Waals surface area (Å²) in [6.07, 6.45) is 14.3. The molecule has 2 aliphatic heterocycles. The van der Waals surface area contributed by atoms with Crippen molar-refractivity contribution in [3.63, 3.8) is 0 Å². The van der Waals surface area contributed by atoms with Gasteiger partial charge >= 0.3 is 0 Å². The van der Waals surface area contributed by atoms with E-state index in [1.807, 2.05) is 12.1 Å². The van der Waals surface area contributed by atoms with Crippen molar-refractivity contribution >= 4 is 54.4 Å². The topological polar surface area (TPSA) is 133 Å². The Morgan fingerprint density at radius 2 is 1.68 bits per heavy atom. The van der Waals surface area contributed by atoms with E-state index in [2.05, 4.69) is 54.6 Å². The van der Waals surface area contributed by atoms with Gasteiger partial charge in [-0.25, -0.2) is 21.7 Å². The molecule has 2 aliphatic carbocycles. The standard InChI is InChI=1S/C34H33NO4S2.C7H9NO3S/c1-41(36,37)35(39-34-8-4-5-21-38-34)27-14-9-24(10-15-27)32-19-20-33(40-32)26-13-16-29-25(22-26)12-18-30-28-7-3-2-6-23(28)11-17-31(29)30;8-7(9)5-6-3-1-2-4-12(6,10)11/h2-3,6-7,9-10,12,14-15,18-20,22,34H,4-5,8,11,13,16-17,21H2,1H3;1-4,6H,5H2,(H2,8,9). The van der Waals surface area contributed by atoms with Gasteiger partial charge in [-0.15, -0.1) is 15.8 Å². The molecule has 0 bridgehead atoms. The number of benzene rings is 3. The molecule has 0 radical (unpaired) electrons. The summed E-state index contributed by atoms with van der Waals surface area (Å²) in [5.74, 6) is -0.608. The third kappa shape index (κ3) is 8.42. The van der Waals surface area contributed by atoms with Gasteiger partial charge < -0.3 is 10.5 Å². The van der Waals surface area contributed by atoms with Crippen LogP contribution in [0, 0.1) is 0 Å². The van der Waals surface area contributed by atoms with E-state index < -0.39 is 37.3 Å². The molecule has 8 rings (SSSR count). The number of ether oxygens (including phenoxy) is 1. The second kappa shape index (κ2) is 15.6. The molecule has 276 valence electrons. The molecule has 4 aromatic rings. The second-order valence-corrected chi connectivity index (χ2v) is 18.5. The van der Waals surface area contributed by atoms with Crippen molar-refractivity contribution < 1.29 is 31.2 Å². The number of nitrogens with two attached hydrogens (primary N) is 1. The van der Waals surface area contributed by atoms with Crippen LogP contribution in [0.1, 0.15) is 59.2 Å². The van der Waals surface area contributed by atoms with Gasteiger partial charge in [-0.3, -0.25) is 4.79 Å². The Labute approximate surface area is 315 Å². The summed E-state index contributed by atoms with van der Waals surface area (Å²) in [6, 6.07) is 25.3. The number of nitrogens with zero attached hydrogens (tertiary/aromatic N) is 1. The predicted octanol–water partition coefficient (Wildman–Crippen LogP) is 7.62. The monoisotopic (exact) mass is 770 g/mol. The molecule has 2 unspecified atom stereocenters. The Bertz CT molecular complexity index is 2320. The first kappa shape index (κ1) is 37.0. The lowest BCUT2D eigenvalue weighted by Gasteiger charge is -2.29. The molecule has 0 spiro atoms. The molecule has 53 heavy (non-hydrogen) atoms. The number of thiophene rings is 1. The fourth-order valence-electron chi connectivity index (χ4n) is 7.23. The van der Waals surface area contributed by atoms with Gasteiger partial charge in [-0.05, 0) is 107 Å². The van der Waals surface area contributed by atoms with E-state index in [0.717, 1.165) is 65.1 Å². The van der Waals surface area contributed by atoms with Crippen LogP contribution in [0.2, 0.25) is 0 Å². The summed E-state index contributed by atoms with van der Waals surface area (Å²) in [6.45, 7) is 0.584. The highest BCUT2D eigenvalue weighted by Gasteiger charge is 2.27. The Hall–Kier alpha value is -4.33. The quantitative estimate of drug-likeness (QED) is 0.182. The largest absolute Gasteiger partial charge is 0.370 e. The zero-order valence-corrected chi connectivity index (χ0v) is 31.9. The van der Waals surface area contributed by atoms with Crippen molar-refractivity contribution in [2.24, 2.45) is 5.73 Å². The lowest BCUT2D eigenvalue weighted by atomic mass is 9.78. The molecule has 2 atom stereocenters. The summed E-state index contributed by atoms with van der Waals surface area (Å²) in [5.41, 5.74) is 16.5. The summed E-state index contributed by atoms with van der Waals surface area (Å²) in [5, 5.41) is 0.306. The second-order valence-electron chi connectivity index (χ2n) is 13.6. The van der Waals surface area contributed by atoms with E-state index >= 15 is 0 Å². The maximum atomic E-state index is 12.5. The molecule has 3 heterocycles. The van der Waals surface area contributed by atoms with Crippen LogP contribution in [0.3, 0.4) is 0 Å². The fraction of sp³-hybridized carbons (Fsp3) is 0.293. The smallest absolute Gasteiger partial charge is 0.254 e. The van der Waals surface area contributed by atoms with Crippen LogP contribution in [0.15, 0.2) is 96.4 Å². The van der Waals surface area contributed by atoms with E-state index in [4.69, 9.17) is 15.3 Å². The Morgan fingerprint density at radius 3 is 2.42 bits per heavy atom. The Kier molecular flexibility index (Phi) is 10.9. The number of hydrogen-bond donors (Lipinski definition) is 1. The average molecular weight is 771 g/mol. The van der Waals surface area contributed by atoms with Crippen LogP contribution < -0.4 is 10.2 Å². The molecule has 1 fully saturated rings. The van der Waals surface area contributed by atoms with Crippen LogP contribution in [-0.2, 0) is 53.5 Å². The predicted molar refractivity (Wildman–Crippen MR) is 212 cm³/mol. The van der Waals surface area contributed by atoms with Crippen LogP contribution >= 0.6 is 11.3 Å². The van der Waals surface area contributed by atoms with Crippen molar-refractivity contribution in [3.05, 3.63) is 124 Å². The van der Waals surface area contributed by atoms with Crippen molar-refractivity contribution in [1.82, 2.24) is 0 Å². The highest BCUT2D eigenvalue weighted by molar-refractivity contribution is 7.95. The first-order chi connectivity index (χ1) is 25.5. The average Bonchev–Trinajstić information content (AvgIpc) is 3.65. The van der Waals surface area contributed by atoms with Gasteiger partial charge in [0.25, 0.3) is 10.0 Å². The number of sulfone groups is 1. The maximum Gasteiger partial charge on any atom is 0.254 e. The lowest BCUT2D eigenvalue weighted by molar-refractivity contribution is -0.158. The molecule has 1 saturated heterocycles. The van der Waals surface area contributed by atoms with Crippen molar-refractivity contribution in [1.29, 1.82) is 0 Å². The molecular weight excluding hydrogens is 729 g/mol. The first-order valence-corrected chi connectivity index (χ1v) is 22.0. The number of rotatable bonds is 8. The van der Waals surface area contributed by atoms with Gasteiger partial charge in [-0.2, -0.15) is 0 Å². The number of anilines is 1. The minimum absolute atomic E-state index is 0.150. The molecule has 0 saturated carbocycles. The number of aryl methyl sites for hydroxylation is 1. The van der Waals surface area contributed by atoms with E-state index in [0.29, 0.717) is 18.7 Å². The molecule has 12 heteroatoms. The third-order valence-corrected chi connectivity index (χ3v) is 13.7. The molecule has 1 amide bonds. The van der Waals surface area contributed by atoms with Gasteiger partial charge in [-0.1, -0.05) is 72.8 Å². The number of carbonyl (C=O) groups is 1. The number of primary amides is 1. The van der Waals surface area contributed by atoms with Crippen molar-refractivity contribution in [2.75, 3.05) is 17.3 Å². The number of allylic oxidation sites excluding steroid dienone is 3. The van der Waals surface area contributed by atoms with E-state index in [1.54, 1.807) is 29.5 Å². The normalized spacial score (nSPS) is 19.8. The summed E-state index contributed by atoms with van der Waals surface area (Å²) in [4.78, 5) is 18.7. The van der Waals surface area contributed by atoms with E-state index in [1.165, 1.54) is 56.0 Å². The fourth-order valence-corrected chi connectivity index (χ4v) is 10.3. The number of amides is 1. The Morgan fingerprint density at radius 1 is 0.906 bits per heavy atom. The van der Waals surface area contributed by atoms with Gasteiger partial charge in [0.1, 0.15) is 0 Å². The van der Waals surface area contributed by atoms with Crippen molar-refractivity contribution in [2.45, 2.75) is 62.9 Å². The third-order valence-electron chi connectivity index (χ3n) is 9.86. The van der Waals surface area contributed by atoms with Crippen LogP contribution in [0.25, 0.3) is 33.2 Å². The van der Waals surface area contributed by atoms with E-state index in [-0.39, 0.29) is 6.42 Å². The zero-order chi connectivity index (χ0) is 37.2. The summed E-state index contributed by atoms with van der Waals surface area (Å²) < 4.78 is 54.0. The SMILES string of the molecule is CS(=O)(=O)N(OC1CCCCO1)c1ccc(-c2ccc(C3=Cc4ccc5c(c4CC3)CCc3ccccc3-5)s2)cc1.NC(=O)CC1C=CC=CS1(=O)=O. The molecule has 1 aromatic heterocycles. The maximum absolute atomic E-state index is 12.5. The lowest BCUT2D eigenvalue weighted by Crippen LogP contribution is -2.37. The van der Waals surface area contributed by atoms with Gasteiger partial charge in [0.05, 0.1) is 17.2 Å². The minimum Gasteiger partial charge on any atom is -0.370 e. The highest BCUT2D eigenvalue weighted by atomic mass is 32.2. The molecule has 9 nitrogen and oxygen atoms in total. The van der Waals surface area contributed by atoms with Gasteiger partial charge in [0.15, 0.2) is 16.1 Å². The molecule has 4 aliphatic rings. The summed E-state index contributed by atoms with van der Waals surface area (Å²) in [7, 11) is -6.91. The van der Waals surface area contributed by atoms with Gasteiger partial charge in [0, 0.05) is 34.6 Å². The van der Waals surface area contributed by atoms with Crippen LogP contribution in [0.5, 0.6) is 0 Å². The Balaban J connectivity index is 0.000000310. The van der Waals surface area contributed by atoms with Gasteiger partial charge in [0.2, 0.25) is 5.91 Å². The molecule has 2 N–H and O–H groups in total.